The van der Waals surface area contributed by atoms with Crippen LogP contribution in [0.5, 0.6) is 11.5 Å². The second kappa shape index (κ2) is 6.02. The van der Waals surface area contributed by atoms with Crippen molar-refractivity contribution in [2.75, 3.05) is 39.4 Å². The Morgan fingerprint density at radius 1 is 1.15 bits per heavy atom. The summed E-state index contributed by atoms with van der Waals surface area (Å²) in [5, 5.41) is 3.41. The largest absolute Gasteiger partial charge is 0.486 e. The third kappa shape index (κ3) is 2.91. The maximum Gasteiger partial charge on any atom is 0.161 e. The van der Waals surface area contributed by atoms with Crippen molar-refractivity contribution in [1.82, 2.24) is 10.2 Å². The second-order valence-electron chi connectivity index (χ2n) is 5.76. The molecule has 1 saturated heterocycles. The highest BCUT2D eigenvalue weighted by Crippen LogP contribution is 2.33. The molecule has 2 aliphatic heterocycles. The van der Waals surface area contributed by atoms with Crippen LogP contribution in [0.4, 0.5) is 0 Å². The van der Waals surface area contributed by atoms with Gasteiger partial charge in [0, 0.05) is 32.2 Å². The second-order valence-corrected chi connectivity index (χ2v) is 5.76. The van der Waals surface area contributed by atoms with E-state index in [1.165, 1.54) is 11.1 Å². The first-order valence-electron chi connectivity index (χ1n) is 7.58. The molecule has 0 spiro atoms. The molecular weight excluding hydrogens is 252 g/mol. The number of hydrogen-bond acceptors (Lipinski definition) is 4. The van der Waals surface area contributed by atoms with Gasteiger partial charge in [-0.2, -0.15) is 0 Å². The lowest BCUT2D eigenvalue weighted by atomic mass is 9.99. The van der Waals surface area contributed by atoms with Gasteiger partial charge in [0.25, 0.3) is 0 Å². The Kier molecular flexibility index (Phi) is 4.13. The van der Waals surface area contributed by atoms with Crippen LogP contribution in [-0.4, -0.2) is 50.3 Å². The normalized spacial score (nSPS) is 20.7. The van der Waals surface area contributed by atoms with Crippen molar-refractivity contribution in [3.8, 4) is 11.5 Å². The fourth-order valence-electron chi connectivity index (χ4n) is 3.02. The standard InChI is InChI=1S/C16H24N2O2/c1-12-9-15-16(20-8-7-19-15)11-14(12)10-13(2)18-5-3-17-4-6-18/h9,11,13,17H,3-8,10H2,1-2H3. The minimum absolute atomic E-state index is 0.568. The third-order valence-corrected chi connectivity index (χ3v) is 4.29. The molecule has 4 nitrogen and oxygen atoms in total. The van der Waals surface area contributed by atoms with Crippen molar-refractivity contribution >= 4 is 0 Å². The highest BCUT2D eigenvalue weighted by Gasteiger charge is 2.19. The van der Waals surface area contributed by atoms with Crippen LogP contribution in [0.3, 0.4) is 0 Å². The predicted octanol–water partition coefficient (Wildman–Crippen LogP) is 1.60. The molecular formula is C16H24N2O2. The average molecular weight is 276 g/mol. The number of benzene rings is 1. The molecule has 0 saturated carbocycles. The number of nitrogens with one attached hydrogen (secondary N) is 1. The lowest BCUT2D eigenvalue weighted by molar-refractivity contribution is 0.170. The van der Waals surface area contributed by atoms with Gasteiger partial charge in [-0.3, -0.25) is 4.90 Å². The Labute approximate surface area is 121 Å². The summed E-state index contributed by atoms with van der Waals surface area (Å²) in [5.74, 6) is 1.80. The van der Waals surface area contributed by atoms with E-state index >= 15 is 0 Å². The molecule has 1 N–H and O–H groups in total. The lowest BCUT2D eigenvalue weighted by Gasteiger charge is -2.33. The first-order valence-corrected chi connectivity index (χ1v) is 7.58. The summed E-state index contributed by atoms with van der Waals surface area (Å²) in [6, 6.07) is 4.86. The highest BCUT2D eigenvalue weighted by molar-refractivity contribution is 5.48. The molecule has 0 radical (unpaired) electrons. The summed E-state index contributed by atoms with van der Waals surface area (Å²) < 4.78 is 11.3. The van der Waals surface area contributed by atoms with E-state index in [-0.39, 0.29) is 0 Å². The topological polar surface area (TPSA) is 33.7 Å². The summed E-state index contributed by atoms with van der Waals surface area (Å²) in [5.41, 5.74) is 2.68. The fourth-order valence-corrected chi connectivity index (χ4v) is 3.02. The number of aryl methyl sites for hydroxylation is 1. The molecule has 4 heteroatoms. The number of piperazine rings is 1. The van der Waals surface area contributed by atoms with Crippen molar-refractivity contribution in [2.45, 2.75) is 26.3 Å². The van der Waals surface area contributed by atoms with Gasteiger partial charge >= 0.3 is 0 Å². The van der Waals surface area contributed by atoms with E-state index in [4.69, 9.17) is 9.47 Å². The average Bonchev–Trinajstić information content (AvgIpc) is 2.49. The Bertz CT molecular complexity index is 470. The zero-order chi connectivity index (χ0) is 13.9. The van der Waals surface area contributed by atoms with Gasteiger partial charge < -0.3 is 14.8 Å². The van der Waals surface area contributed by atoms with Crippen molar-refractivity contribution < 1.29 is 9.47 Å². The Balaban J connectivity index is 1.73. The lowest BCUT2D eigenvalue weighted by Crippen LogP contribution is -2.48. The van der Waals surface area contributed by atoms with Crippen LogP contribution in [-0.2, 0) is 6.42 Å². The van der Waals surface area contributed by atoms with Gasteiger partial charge in [0.15, 0.2) is 11.5 Å². The van der Waals surface area contributed by atoms with Crippen LogP contribution in [0.15, 0.2) is 12.1 Å². The Hall–Kier alpha value is -1.26. The van der Waals surface area contributed by atoms with E-state index < -0.39 is 0 Å². The van der Waals surface area contributed by atoms with Crippen LogP contribution in [0.25, 0.3) is 0 Å². The van der Waals surface area contributed by atoms with Crippen LogP contribution >= 0.6 is 0 Å². The minimum atomic E-state index is 0.568. The monoisotopic (exact) mass is 276 g/mol. The molecule has 0 amide bonds. The first kappa shape index (κ1) is 13.7. The molecule has 0 aromatic heterocycles. The number of hydrogen-bond donors (Lipinski definition) is 1. The maximum absolute atomic E-state index is 5.70. The van der Waals surface area contributed by atoms with Gasteiger partial charge in [0.2, 0.25) is 0 Å². The summed E-state index contributed by atoms with van der Waals surface area (Å²) >= 11 is 0. The van der Waals surface area contributed by atoms with Gasteiger partial charge in [-0.25, -0.2) is 0 Å². The molecule has 2 aliphatic rings. The molecule has 0 bridgehead atoms. The van der Waals surface area contributed by atoms with Crippen LogP contribution in [0.2, 0.25) is 0 Å². The number of ether oxygens (including phenoxy) is 2. The van der Waals surface area contributed by atoms with E-state index in [1.54, 1.807) is 0 Å². The zero-order valence-electron chi connectivity index (χ0n) is 12.4. The SMILES string of the molecule is Cc1cc2c(cc1CC(C)N1CCNCC1)OCCO2. The van der Waals surface area contributed by atoms with Gasteiger partial charge in [-0.15, -0.1) is 0 Å². The van der Waals surface area contributed by atoms with Gasteiger partial charge in [-0.1, -0.05) is 0 Å². The molecule has 110 valence electrons. The molecule has 20 heavy (non-hydrogen) atoms. The third-order valence-electron chi connectivity index (χ3n) is 4.29. The van der Waals surface area contributed by atoms with E-state index in [1.807, 2.05) is 0 Å². The van der Waals surface area contributed by atoms with Crippen LogP contribution in [0, 0.1) is 6.92 Å². The van der Waals surface area contributed by atoms with Crippen molar-refractivity contribution in [3.05, 3.63) is 23.3 Å². The van der Waals surface area contributed by atoms with Crippen LogP contribution in [0.1, 0.15) is 18.1 Å². The predicted molar refractivity (Wildman–Crippen MR) is 79.8 cm³/mol. The molecule has 2 heterocycles. The molecule has 0 aliphatic carbocycles. The van der Waals surface area contributed by atoms with Crippen molar-refractivity contribution in [1.29, 1.82) is 0 Å². The first-order chi connectivity index (χ1) is 9.74. The Morgan fingerprint density at radius 2 is 1.80 bits per heavy atom. The maximum atomic E-state index is 5.70. The van der Waals surface area contributed by atoms with Gasteiger partial charge in [0.05, 0.1) is 0 Å². The number of rotatable bonds is 3. The summed E-state index contributed by atoms with van der Waals surface area (Å²) in [7, 11) is 0. The highest BCUT2D eigenvalue weighted by atomic mass is 16.6. The van der Waals surface area contributed by atoms with Crippen molar-refractivity contribution in [3.63, 3.8) is 0 Å². The molecule has 1 aromatic carbocycles. The number of fused-ring (bicyclic) bond motifs is 1. The molecule has 3 rings (SSSR count). The van der Waals surface area contributed by atoms with Gasteiger partial charge in [0.1, 0.15) is 13.2 Å². The quantitative estimate of drug-likeness (QED) is 0.909. The zero-order valence-corrected chi connectivity index (χ0v) is 12.4. The van der Waals surface area contributed by atoms with E-state index in [2.05, 4.69) is 36.2 Å². The fraction of sp³-hybridized carbons (Fsp3) is 0.625. The van der Waals surface area contributed by atoms with Crippen LogP contribution < -0.4 is 14.8 Å². The molecule has 1 fully saturated rings. The summed E-state index contributed by atoms with van der Waals surface area (Å²) in [6.45, 7) is 10.3. The molecule has 1 atom stereocenters. The molecule has 1 aromatic rings. The summed E-state index contributed by atoms with van der Waals surface area (Å²) in [6.07, 6.45) is 1.07. The molecule has 1 unspecified atom stereocenters. The minimum Gasteiger partial charge on any atom is -0.486 e. The smallest absolute Gasteiger partial charge is 0.161 e. The van der Waals surface area contributed by atoms with Crippen molar-refractivity contribution in [2.24, 2.45) is 0 Å². The van der Waals surface area contributed by atoms with E-state index in [9.17, 15) is 0 Å². The Morgan fingerprint density at radius 3 is 2.50 bits per heavy atom. The summed E-state index contributed by atoms with van der Waals surface area (Å²) in [4.78, 5) is 2.56. The number of nitrogens with zero attached hydrogens (tertiary/aromatic N) is 1. The van der Waals surface area contributed by atoms with Gasteiger partial charge in [-0.05, 0) is 43.5 Å². The van der Waals surface area contributed by atoms with E-state index in [0.29, 0.717) is 19.3 Å². The van der Waals surface area contributed by atoms with E-state index in [0.717, 1.165) is 44.1 Å².